The van der Waals surface area contributed by atoms with E-state index in [2.05, 4.69) is 41.3 Å². The van der Waals surface area contributed by atoms with E-state index in [1.165, 1.54) is 16.1 Å². The van der Waals surface area contributed by atoms with Crippen molar-refractivity contribution < 1.29 is 4.57 Å². The lowest BCUT2D eigenvalue weighted by Crippen LogP contribution is -2.34. The van der Waals surface area contributed by atoms with Crippen LogP contribution in [0.15, 0.2) is 35.8 Å². The van der Waals surface area contributed by atoms with Crippen LogP contribution >= 0.6 is 22.9 Å². The Morgan fingerprint density at radius 3 is 2.69 bits per heavy atom. The second kappa shape index (κ2) is 5.46. The van der Waals surface area contributed by atoms with E-state index in [-0.39, 0.29) is 0 Å². The van der Waals surface area contributed by atoms with Gasteiger partial charge in [0.15, 0.2) is 12.2 Å². The van der Waals surface area contributed by atoms with Crippen LogP contribution in [0.25, 0.3) is 0 Å². The predicted molar refractivity (Wildman–Crippen MR) is 69.2 cm³/mol. The molecule has 2 rings (SSSR count). The molecule has 0 unspecified atom stereocenters. The van der Waals surface area contributed by atoms with Crippen LogP contribution in [0.1, 0.15) is 16.1 Å². The van der Waals surface area contributed by atoms with Crippen molar-refractivity contribution in [3.05, 3.63) is 52.0 Å². The summed E-state index contributed by atoms with van der Waals surface area (Å²) in [5, 5.41) is 0. The van der Waals surface area contributed by atoms with Gasteiger partial charge in [0.1, 0.15) is 0 Å². The van der Waals surface area contributed by atoms with E-state index < -0.39 is 0 Å². The molecule has 1 aromatic heterocycles. The van der Waals surface area contributed by atoms with Gasteiger partial charge in [0, 0.05) is 24.8 Å². The lowest BCUT2D eigenvalue weighted by molar-refractivity contribution is -0.689. The van der Waals surface area contributed by atoms with Crippen molar-refractivity contribution in [1.82, 2.24) is 0 Å². The molecule has 0 saturated carbocycles. The quantitative estimate of drug-likeness (QED) is 0.581. The highest BCUT2D eigenvalue weighted by Crippen LogP contribution is 2.13. The van der Waals surface area contributed by atoms with E-state index in [1.54, 1.807) is 11.3 Å². The highest BCUT2D eigenvalue weighted by atomic mass is 35.5. The molecule has 0 spiro atoms. The maximum Gasteiger partial charge on any atom is 0.225 e. The topological polar surface area (TPSA) is 3.88 Å². The molecular formula is C13H15ClNS+. The fraction of sp³-hybridized carbons (Fsp3) is 0.308. The molecule has 0 atom stereocenters. The molecule has 0 N–H and O–H groups in total. The molecule has 0 aliphatic heterocycles. The number of benzene rings is 1. The third-order valence-electron chi connectivity index (χ3n) is 2.67. The first-order chi connectivity index (χ1) is 7.81. The maximum absolute atomic E-state index is 5.77. The highest BCUT2D eigenvalue weighted by Gasteiger charge is 2.14. The molecule has 16 heavy (non-hydrogen) atoms. The van der Waals surface area contributed by atoms with Gasteiger partial charge < -0.3 is 0 Å². The molecule has 0 aliphatic carbocycles. The van der Waals surface area contributed by atoms with E-state index in [0.29, 0.717) is 5.88 Å². The SMILES string of the molecule is Cc1c(CCCl)sc[n+]1Cc1ccccc1. The molecule has 0 saturated heterocycles. The lowest BCUT2D eigenvalue weighted by atomic mass is 10.2. The molecule has 0 amide bonds. The minimum absolute atomic E-state index is 0.701. The second-order valence-electron chi connectivity index (χ2n) is 3.78. The lowest BCUT2D eigenvalue weighted by Gasteiger charge is -1.97. The first-order valence-corrected chi connectivity index (χ1v) is 6.79. The van der Waals surface area contributed by atoms with Crippen molar-refractivity contribution in [3.63, 3.8) is 0 Å². The molecule has 0 bridgehead atoms. The van der Waals surface area contributed by atoms with Crippen LogP contribution in [0.2, 0.25) is 0 Å². The van der Waals surface area contributed by atoms with Gasteiger partial charge in [-0.2, -0.15) is 4.57 Å². The Morgan fingerprint density at radius 2 is 2.00 bits per heavy atom. The monoisotopic (exact) mass is 252 g/mol. The van der Waals surface area contributed by atoms with Gasteiger partial charge >= 0.3 is 0 Å². The first-order valence-electron chi connectivity index (χ1n) is 5.37. The van der Waals surface area contributed by atoms with Crippen molar-refractivity contribution in [2.24, 2.45) is 0 Å². The Hall–Kier alpha value is -0.860. The van der Waals surface area contributed by atoms with E-state index in [4.69, 9.17) is 11.6 Å². The molecule has 0 aliphatic rings. The summed E-state index contributed by atoms with van der Waals surface area (Å²) in [6.07, 6.45) is 0.972. The smallest absolute Gasteiger partial charge is 0.188 e. The van der Waals surface area contributed by atoms with E-state index >= 15 is 0 Å². The summed E-state index contributed by atoms with van der Waals surface area (Å²) in [6.45, 7) is 3.12. The zero-order valence-corrected chi connectivity index (χ0v) is 10.9. The Bertz CT molecular complexity index is 450. The van der Waals surface area contributed by atoms with Crippen LogP contribution in [0.3, 0.4) is 0 Å². The summed E-state index contributed by atoms with van der Waals surface area (Å²) in [4.78, 5) is 1.39. The summed E-state index contributed by atoms with van der Waals surface area (Å²) in [7, 11) is 0. The maximum atomic E-state index is 5.77. The van der Waals surface area contributed by atoms with Crippen molar-refractivity contribution in [2.45, 2.75) is 19.9 Å². The number of hydrogen-bond acceptors (Lipinski definition) is 1. The van der Waals surface area contributed by atoms with E-state index in [0.717, 1.165) is 13.0 Å². The average Bonchev–Trinajstić information content (AvgIpc) is 2.64. The molecule has 0 fully saturated rings. The highest BCUT2D eigenvalue weighted by molar-refractivity contribution is 7.09. The van der Waals surface area contributed by atoms with Gasteiger partial charge in [-0.05, 0) is 0 Å². The number of thiazole rings is 1. The molecule has 2 aromatic rings. The summed E-state index contributed by atoms with van der Waals surface area (Å²) in [5.74, 6) is 0.701. The normalized spacial score (nSPS) is 10.6. The standard InChI is InChI=1S/C13H15ClNS/c1-11-13(7-8-14)16-10-15(11)9-12-5-3-2-4-6-12/h2-6,10H,7-9H2,1H3/q+1. The fourth-order valence-electron chi connectivity index (χ4n) is 1.71. The predicted octanol–water partition coefficient (Wildman–Crippen LogP) is 3.17. The number of alkyl halides is 1. The van der Waals surface area contributed by atoms with Crippen LogP contribution in [-0.4, -0.2) is 5.88 Å². The first kappa shape index (κ1) is 11.6. The van der Waals surface area contributed by atoms with Crippen molar-refractivity contribution in [2.75, 3.05) is 5.88 Å². The number of aryl methyl sites for hydroxylation is 1. The van der Waals surface area contributed by atoms with Crippen LogP contribution in [0.4, 0.5) is 0 Å². The van der Waals surface area contributed by atoms with Crippen LogP contribution < -0.4 is 4.57 Å². The van der Waals surface area contributed by atoms with E-state index in [9.17, 15) is 0 Å². The third-order valence-corrected chi connectivity index (χ3v) is 4.01. The van der Waals surface area contributed by atoms with Gasteiger partial charge in [-0.3, -0.25) is 0 Å². The molecule has 84 valence electrons. The largest absolute Gasteiger partial charge is 0.225 e. The Kier molecular flexibility index (Phi) is 3.97. The zero-order chi connectivity index (χ0) is 11.4. The zero-order valence-electron chi connectivity index (χ0n) is 9.32. The fourth-order valence-corrected chi connectivity index (χ4v) is 3.01. The van der Waals surface area contributed by atoms with Crippen molar-refractivity contribution in [3.8, 4) is 0 Å². The minimum Gasteiger partial charge on any atom is -0.188 e. The van der Waals surface area contributed by atoms with Crippen LogP contribution in [0, 0.1) is 6.92 Å². The third kappa shape index (κ3) is 2.63. The summed E-state index contributed by atoms with van der Waals surface area (Å²) in [6, 6.07) is 10.5. The summed E-state index contributed by atoms with van der Waals surface area (Å²) >= 11 is 7.57. The van der Waals surface area contributed by atoms with Gasteiger partial charge in [0.25, 0.3) is 0 Å². The molecule has 0 radical (unpaired) electrons. The van der Waals surface area contributed by atoms with Gasteiger partial charge in [0.2, 0.25) is 5.51 Å². The summed E-state index contributed by atoms with van der Waals surface area (Å²) in [5.41, 5.74) is 4.87. The van der Waals surface area contributed by atoms with Crippen molar-refractivity contribution in [1.29, 1.82) is 0 Å². The average molecular weight is 253 g/mol. The number of nitrogens with zero attached hydrogens (tertiary/aromatic N) is 1. The minimum atomic E-state index is 0.701. The Morgan fingerprint density at radius 1 is 1.25 bits per heavy atom. The summed E-state index contributed by atoms with van der Waals surface area (Å²) < 4.78 is 2.29. The number of halogens is 1. The number of rotatable bonds is 4. The number of hydrogen-bond donors (Lipinski definition) is 0. The second-order valence-corrected chi connectivity index (χ2v) is 5.10. The van der Waals surface area contributed by atoms with Crippen LogP contribution in [-0.2, 0) is 13.0 Å². The van der Waals surface area contributed by atoms with Crippen molar-refractivity contribution >= 4 is 22.9 Å². The van der Waals surface area contributed by atoms with E-state index in [1.807, 2.05) is 6.07 Å². The molecule has 1 heterocycles. The Balaban J connectivity index is 2.16. The van der Waals surface area contributed by atoms with Gasteiger partial charge in [-0.1, -0.05) is 41.7 Å². The van der Waals surface area contributed by atoms with Gasteiger partial charge in [-0.15, -0.1) is 11.6 Å². The Labute approximate surface area is 105 Å². The molecule has 1 aromatic carbocycles. The molecular weight excluding hydrogens is 238 g/mol. The molecule has 3 heteroatoms. The van der Waals surface area contributed by atoms with Gasteiger partial charge in [0.05, 0.1) is 4.88 Å². The van der Waals surface area contributed by atoms with Gasteiger partial charge in [-0.25, -0.2) is 0 Å². The van der Waals surface area contributed by atoms with Crippen LogP contribution in [0.5, 0.6) is 0 Å². The number of aromatic nitrogens is 1. The molecule has 1 nitrogen and oxygen atoms in total.